The Kier molecular flexibility index (Phi) is 7.05. The summed E-state index contributed by atoms with van der Waals surface area (Å²) in [7, 11) is 0. The Morgan fingerprint density at radius 1 is 1.20 bits per heavy atom. The second-order valence-electron chi connectivity index (χ2n) is 7.06. The van der Waals surface area contributed by atoms with E-state index in [2.05, 4.69) is 10.6 Å². The Bertz CT molecular complexity index is 653. The summed E-state index contributed by atoms with van der Waals surface area (Å²) in [6.45, 7) is 10.1. The van der Waals surface area contributed by atoms with Crippen molar-refractivity contribution in [2.45, 2.75) is 40.2 Å². The minimum atomic E-state index is -0.481. The van der Waals surface area contributed by atoms with Gasteiger partial charge in [-0.2, -0.15) is 0 Å². The van der Waals surface area contributed by atoms with Crippen LogP contribution in [0, 0.1) is 17.0 Å². The first-order valence-electron chi connectivity index (χ1n) is 8.21. The maximum atomic E-state index is 12.2. The Labute approximate surface area is 147 Å². The zero-order valence-corrected chi connectivity index (χ0v) is 15.4. The summed E-state index contributed by atoms with van der Waals surface area (Å²) >= 11 is 0. The van der Waals surface area contributed by atoms with Crippen LogP contribution in [0.4, 0.5) is 11.4 Å². The van der Waals surface area contributed by atoms with Gasteiger partial charge in [-0.05, 0) is 40.7 Å². The highest BCUT2D eigenvalue weighted by molar-refractivity contribution is 5.92. The highest BCUT2D eigenvalue weighted by Crippen LogP contribution is 2.22. The van der Waals surface area contributed by atoms with Crippen LogP contribution >= 0.6 is 0 Å². The molecule has 0 radical (unpaired) electrons. The normalized spacial score (nSPS) is 12.4. The number of carbonyl (C=O) groups excluding carboxylic acids is 2. The molecule has 0 aliphatic rings. The Hall–Kier alpha value is -2.48. The number of quaternary nitrogens is 1. The van der Waals surface area contributed by atoms with Gasteiger partial charge in [0.2, 0.25) is 0 Å². The minimum absolute atomic E-state index is 0.0398. The van der Waals surface area contributed by atoms with Crippen molar-refractivity contribution < 1.29 is 19.4 Å². The fraction of sp³-hybridized carbons (Fsp3) is 0.529. The van der Waals surface area contributed by atoms with E-state index in [-0.39, 0.29) is 36.1 Å². The molecular weight excluding hydrogens is 324 g/mol. The lowest BCUT2D eigenvalue weighted by Crippen LogP contribution is -3.14. The molecule has 1 aromatic carbocycles. The lowest BCUT2D eigenvalue weighted by molar-refractivity contribution is -0.881. The molecule has 25 heavy (non-hydrogen) atoms. The number of nitrogens with zero attached hydrogens (tertiary/aromatic N) is 1. The van der Waals surface area contributed by atoms with Gasteiger partial charge in [-0.25, -0.2) is 0 Å². The standard InChI is InChI=1S/C17H26N4O4/c1-6-20(11-16(23)19-17(3,4)5)10-15(22)18-13-8-7-12(2)14(9-13)21(24)25/h7-9H,6,10-11H2,1-5H3,(H,18,22)(H,19,23)/p+1. The quantitative estimate of drug-likeness (QED) is 0.496. The molecule has 0 fully saturated rings. The third-order valence-electron chi connectivity index (χ3n) is 3.53. The first-order chi connectivity index (χ1) is 11.5. The maximum absolute atomic E-state index is 12.2. The molecule has 1 rings (SSSR count). The van der Waals surface area contributed by atoms with Gasteiger partial charge >= 0.3 is 0 Å². The number of carbonyl (C=O) groups is 2. The number of likely N-dealkylation sites (N-methyl/N-ethyl adjacent to an activating group) is 1. The van der Waals surface area contributed by atoms with Crippen molar-refractivity contribution in [2.75, 3.05) is 25.0 Å². The van der Waals surface area contributed by atoms with Gasteiger partial charge < -0.3 is 15.5 Å². The van der Waals surface area contributed by atoms with Gasteiger partial charge in [-0.1, -0.05) is 6.07 Å². The fourth-order valence-corrected chi connectivity index (χ4v) is 2.32. The lowest BCUT2D eigenvalue weighted by Gasteiger charge is -2.23. The summed E-state index contributed by atoms with van der Waals surface area (Å²) in [4.78, 5) is 35.5. The molecule has 0 saturated carbocycles. The van der Waals surface area contributed by atoms with E-state index in [0.29, 0.717) is 17.8 Å². The largest absolute Gasteiger partial charge is 0.347 e. The molecule has 0 heterocycles. The zero-order chi connectivity index (χ0) is 19.2. The van der Waals surface area contributed by atoms with Crippen LogP contribution in [0.5, 0.6) is 0 Å². The molecule has 1 aromatic rings. The molecule has 8 heteroatoms. The summed E-state index contributed by atoms with van der Waals surface area (Å²) in [5.74, 6) is -0.415. The van der Waals surface area contributed by atoms with Crippen molar-refractivity contribution in [3.05, 3.63) is 33.9 Å². The van der Waals surface area contributed by atoms with E-state index in [0.717, 1.165) is 4.90 Å². The number of rotatable bonds is 7. The molecule has 0 aliphatic carbocycles. The van der Waals surface area contributed by atoms with Gasteiger partial charge in [-0.15, -0.1) is 0 Å². The molecule has 0 aromatic heterocycles. The monoisotopic (exact) mass is 351 g/mol. The molecule has 0 saturated heterocycles. The van der Waals surface area contributed by atoms with Crippen LogP contribution in [0.2, 0.25) is 0 Å². The molecule has 8 nitrogen and oxygen atoms in total. The van der Waals surface area contributed by atoms with E-state index >= 15 is 0 Å². The van der Waals surface area contributed by atoms with Crippen LogP contribution in [0.1, 0.15) is 33.3 Å². The number of nitro groups is 1. The van der Waals surface area contributed by atoms with Crippen molar-refractivity contribution in [3.8, 4) is 0 Å². The van der Waals surface area contributed by atoms with Gasteiger partial charge in [0.05, 0.1) is 11.5 Å². The van der Waals surface area contributed by atoms with Crippen molar-refractivity contribution >= 4 is 23.2 Å². The van der Waals surface area contributed by atoms with Crippen LogP contribution in [-0.4, -0.2) is 41.9 Å². The zero-order valence-electron chi connectivity index (χ0n) is 15.4. The average molecular weight is 351 g/mol. The third kappa shape index (κ3) is 7.30. The van der Waals surface area contributed by atoms with Crippen LogP contribution in [0.15, 0.2) is 18.2 Å². The van der Waals surface area contributed by atoms with E-state index in [4.69, 9.17) is 0 Å². The first kappa shape index (κ1) is 20.6. The van der Waals surface area contributed by atoms with E-state index < -0.39 is 4.92 Å². The fourth-order valence-electron chi connectivity index (χ4n) is 2.32. The molecular formula is C17H27N4O4+. The van der Waals surface area contributed by atoms with Gasteiger partial charge in [0.25, 0.3) is 17.5 Å². The first-order valence-corrected chi connectivity index (χ1v) is 8.21. The smallest absolute Gasteiger partial charge is 0.279 e. The molecule has 1 atom stereocenters. The van der Waals surface area contributed by atoms with Crippen molar-refractivity contribution in [3.63, 3.8) is 0 Å². The number of nitro benzene ring substituents is 1. The molecule has 0 spiro atoms. The number of benzene rings is 1. The second kappa shape index (κ2) is 8.57. The summed E-state index contributed by atoms with van der Waals surface area (Å²) in [5, 5.41) is 16.5. The van der Waals surface area contributed by atoms with Crippen molar-refractivity contribution in [1.29, 1.82) is 0 Å². The highest BCUT2D eigenvalue weighted by Gasteiger charge is 2.21. The van der Waals surface area contributed by atoms with E-state index in [1.165, 1.54) is 6.07 Å². The Balaban J connectivity index is 2.66. The summed E-state index contributed by atoms with van der Waals surface area (Å²) < 4.78 is 0. The van der Waals surface area contributed by atoms with Gasteiger partial charge in [0.1, 0.15) is 0 Å². The number of hydrogen-bond donors (Lipinski definition) is 3. The van der Waals surface area contributed by atoms with Crippen LogP contribution in [0.3, 0.4) is 0 Å². The molecule has 1 unspecified atom stereocenters. The number of nitrogens with one attached hydrogen (secondary N) is 3. The van der Waals surface area contributed by atoms with E-state index in [1.54, 1.807) is 19.1 Å². The van der Waals surface area contributed by atoms with Gasteiger partial charge in [0, 0.05) is 22.9 Å². The van der Waals surface area contributed by atoms with Crippen LogP contribution in [-0.2, 0) is 9.59 Å². The Morgan fingerprint density at radius 3 is 2.32 bits per heavy atom. The predicted molar refractivity (Wildman–Crippen MR) is 95.6 cm³/mol. The molecule has 0 aliphatic heterocycles. The van der Waals surface area contributed by atoms with E-state index in [9.17, 15) is 19.7 Å². The van der Waals surface area contributed by atoms with Crippen molar-refractivity contribution in [1.82, 2.24) is 5.32 Å². The SMILES string of the molecule is CC[NH+](CC(=O)Nc1ccc(C)c([N+](=O)[O-])c1)CC(=O)NC(C)(C)C. The topological polar surface area (TPSA) is 106 Å². The average Bonchev–Trinajstić information content (AvgIpc) is 2.46. The second-order valence-corrected chi connectivity index (χ2v) is 7.06. The minimum Gasteiger partial charge on any atom is -0.347 e. The molecule has 3 N–H and O–H groups in total. The molecule has 2 amide bonds. The third-order valence-corrected chi connectivity index (χ3v) is 3.53. The van der Waals surface area contributed by atoms with Crippen molar-refractivity contribution in [2.24, 2.45) is 0 Å². The predicted octanol–water partition coefficient (Wildman–Crippen LogP) is 0.661. The molecule has 0 bridgehead atoms. The maximum Gasteiger partial charge on any atom is 0.279 e. The lowest BCUT2D eigenvalue weighted by atomic mass is 10.1. The summed E-state index contributed by atoms with van der Waals surface area (Å²) in [5.41, 5.74) is 0.542. The number of anilines is 1. The highest BCUT2D eigenvalue weighted by atomic mass is 16.6. The number of hydrogen-bond acceptors (Lipinski definition) is 4. The van der Waals surface area contributed by atoms with Gasteiger partial charge in [-0.3, -0.25) is 19.7 Å². The Morgan fingerprint density at radius 2 is 1.80 bits per heavy atom. The van der Waals surface area contributed by atoms with Crippen LogP contribution in [0.25, 0.3) is 0 Å². The number of aryl methyl sites for hydroxylation is 1. The number of amides is 2. The van der Waals surface area contributed by atoms with Gasteiger partial charge in [0.15, 0.2) is 13.1 Å². The van der Waals surface area contributed by atoms with Crippen LogP contribution < -0.4 is 15.5 Å². The molecule has 138 valence electrons. The van der Waals surface area contributed by atoms with E-state index in [1.807, 2.05) is 27.7 Å². The summed E-state index contributed by atoms with van der Waals surface area (Å²) in [6, 6.07) is 4.55. The summed E-state index contributed by atoms with van der Waals surface area (Å²) in [6.07, 6.45) is 0.